The number of carbonyl (C=O) groups is 1. The molecule has 0 saturated carbocycles. The summed E-state index contributed by atoms with van der Waals surface area (Å²) in [6.07, 6.45) is 12.4. The Hall–Kier alpha value is -4.23. The van der Waals surface area contributed by atoms with E-state index in [-0.39, 0.29) is 11.7 Å². The first kappa shape index (κ1) is 31.8. The van der Waals surface area contributed by atoms with Gasteiger partial charge in [0.15, 0.2) is 0 Å². The van der Waals surface area contributed by atoms with Crippen molar-refractivity contribution in [2.45, 2.75) is 52.9 Å². The number of esters is 1. The zero-order valence-electron chi connectivity index (χ0n) is 22.7. The molecule has 1 unspecified atom stereocenters. The van der Waals surface area contributed by atoms with Crippen molar-refractivity contribution in [1.82, 2.24) is 0 Å². The normalized spacial score (nSPS) is 15.1. The minimum Gasteiger partial charge on any atom is -0.508 e. The van der Waals surface area contributed by atoms with Gasteiger partial charge in [-0.2, -0.15) is 5.26 Å². The average molecular weight is 522 g/mol. The van der Waals surface area contributed by atoms with Crippen LogP contribution in [0.5, 0.6) is 17.2 Å². The van der Waals surface area contributed by atoms with Crippen LogP contribution < -0.4 is 9.47 Å². The molecular weight excluding hydrogens is 485 g/mol. The molecule has 1 aliphatic heterocycles. The summed E-state index contributed by atoms with van der Waals surface area (Å²) in [6.45, 7) is 7.59. The number of aryl methyl sites for hydroxylation is 1. The first-order valence-corrected chi connectivity index (χ1v) is 12.2. The maximum atomic E-state index is 13.0. The van der Waals surface area contributed by atoms with Crippen LogP contribution in [0.1, 0.15) is 62.6 Å². The summed E-state index contributed by atoms with van der Waals surface area (Å²) in [4.78, 5) is 9.59. The van der Waals surface area contributed by atoms with Crippen LogP contribution in [0.2, 0.25) is 0 Å². The third kappa shape index (κ3) is 9.33. The average Bonchev–Trinajstić information content (AvgIpc) is 3.56. The predicted molar refractivity (Wildman–Crippen MR) is 147 cm³/mol. The molecule has 2 aromatic carbocycles. The molecule has 2 aliphatic rings. The van der Waals surface area contributed by atoms with Crippen LogP contribution in [-0.2, 0) is 9.53 Å². The highest BCUT2D eigenvalue weighted by Gasteiger charge is 2.20. The Kier molecular flexibility index (Phi) is 13.8. The second-order valence-corrected chi connectivity index (χ2v) is 8.57. The Morgan fingerprint density at radius 3 is 2.53 bits per heavy atom. The van der Waals surface area contributed by atoms with Gasteiger partial charge < -0.3 is 19.3 Å². The quantitative estimate of drug-likeness (QED) is 0.267. The van der Waals surface area contributed by atoms with E-state index in [0.29, 0.717) is 23.0 Å². The first-order chi connectivity index (χ1) is 18.2. The smallest absolute Gasteiger partial charge is 0.302 e. The number of hydrogen-bond donors (Lipinski definition) is 1. The number of terminal acetylenes is 1. The van der Waals surface area contributed by atoms with Crippen molar-refractivity contribution in [2.75, 3.05) is 20.4 Å². The zero-order valence-corrected chi connectivity index (χ0v) is 22.7. The highest BCUT2D eigenvalue weighted by atomic mass is 19.1. The standard InChI is InChI=1S/C17H18FNO.C9H10O2.C3H6O2.C2H2/c1-3-16(15-6-4-5-13(15)10-18)20-17-8-7-12(2)9-14(17)11-19;1-6-5-11-9-4-7(10)2-3-8(6)9;1-3(4)5-2;1-2/h3,7-9H,4-6,10H2,1-2H3;2-4,6,10H,5H2,1H3;1-2H3;1-2H/b16-3+;;;. The van der Waals surface area contributed by atoms with E-state index in [0.717, 1.165) is 48.3 Å². The Bertz CT molecular complexity index is 1210. The molecule has 7 heteroatoms. The molecule has 1 N–H and O–H groups in total. The van der Waals surface area contributed by atoms with Crippen molar-refractivity contribution in [2.24, 2.45) is 0 Å². The molecule has 0 amide bonds. The molecule has 4 rings (SSSR count). The van der Waals surface area contributed by atoms with Crippen molar-refractivity contribution in [3.8, 4) is 36.2 Å². The number of aromatic hydroxyl groups is 1. The number of nitriles is 1. The molecule has 202 valence electrons. The number of phenolic OH excluding ortho intramolecular Hbond substituents is 1. The van der Waals surface area contributed by atoms with Crippen LogP contribution in [-0.4, -0.2) is 31.5 Å². The highest BCUT2D eigenvalue weighted by molar-refractivity contribution is 5.65. The first-order valence-electron chi connectivity index (χ1n) is 12.2. The second kappa shape index (κ2) is 16.5. The van der Waals surface area contributed by atoms with Gasteiger partial charge in [-0.3, -0.25) is 4.79 Å². The fourth-order valence-corrected chi connectivity index (χ4v) is 3.84. The molecule has 0 bridgehead atoms. The molecule has 1 heterocycles. The molecule has 0 aromatic heterocycles. The zero-order chi connectivity index (χ0) is 28.7. The molecular formula is C31H36FNO5. The molecule has 0 saturated heterocycles. The van der Waals surface area contributed by atoms with Gasteiger partial charge in [0.1, 0.15) is 35.8 Å². The number of phenols is 1. The van der Waals surface area contributed by atoms with Crippen LogP contribution in [0.3, 0.4) is 0 Å². The van der Waals surface area contributed by atoms with Gasteiger partial charge in [0.2, 0.25) is 0 Å². The van der Waals surface area contributed by atoms with Crippen LogP contribution in [0, 0.1) is 31.1 Å². The largest absolute Gasteiger partial charge is 0.508 e. The third-order valence-electron chi connectivity index (χ3n) is 5.83. The van der Waals surface area contributed by atoms with Crippen molar-refractivity contribution < 1.29 is 28.5 Å². The summed E-state index contributed by atoms with van der Waals surface area (Å²) in [5, 5.41) is 18.3. The van der Waals surface area contributed by atoms with Gasteiger partial charge in [-0.05, 0) is 74.1 Å². The molecule has 1 aliphatic carbocycles. The van der Waals surface area contributed by atoms with Gasteiger partial charge in [0, 0.05) is 24.5 Å². The SMILES string of the molecule is C#C.C/C=C(/Oc1ccc(C)cc1C#N)C1=C(CF)CCC1.CC1COc2cc(O)ccc21.COC(C)=O. The predicted octanol–water partition coefficient (Wildman–Crippen LogP) is 6.92. The van der Waals surface area contributed by atoms with Crippen molar-refractivity contribution in [3.63, 3.8) is 0 Å². The summed E-state index contributed by atoms with van der Waals surface area (Å²) in [7, 11) is 1.35. The van der Waals surface area contributed by atoms with Crippen molar-refractivity contribution in [3.05, 3.63) is 76.1 Å². The van der Waals surface area contributed by atoms with Gasteiger partial charge in [-0.15, -0.1) is 12.8 Å². The number of benzene rings is 2. The summed E-state index contributed by atoms with van der Waals surface area (Å²) < 4.78 is 28.3. The molecule has 0 fully saturated rings. The van der Waals surface area contributed by atoms with Crippen LogP contribution in [0.25, 0.3) is 0 Å². The lowest BCUT2D eigenvalue weighted by Crippen LogP contribution is -2.02. The van der Waals surface area contributed by atoms with Gasteiger partial charge in [0.05, 0.1) is 19.3 Å². The Morgan fingerprint density at radius 2 is 1.95 bits per heavy atom. The number of ether oxygens (including phenoxy) is 3. The van der Waals surface area contributed by atoms with Crippen molar-refractivity contribution >= 4 is 5.97 Å². The number of alkyl halides is 1. The third-order valence-corrected chi connectivity index (χ3v) is 5.83. The molecule has 1 atom stereocenters. The number of methoxy groups -OCH3 is 1. The Balaban J connectivity index is 0.000000334. The van der Waals surface area contributed by atoms with E-state index in [1.54, 1.807) is 24.3 Å². The van der Waals surface area contributed by atoms with Crippen LogP contribution >= 0.6 is 0 Å². The van der Waals surface area contributed by atoms with Crippen LogP contribution in [0.15, 0.2) is 59.4 Å². The topological polar surface area (TPSA) is 88.8 Å². The maximum Gasteiger partial charge on any atom is 0.302 e. The minimum absolute atomic E-state index is 0.245. The van der Waals surface area contributed by atoms with E-state index in [2.05, 4.69) is 30.6 Å². The highest BCUT2D eigenvalue weighted by Crippen LogP contribution is 2.36. The fraction of sp³-hybridized carbons (Fsp3) is 0.355. The minimum atomic E-state index is -0.422. The Morgan fingerprint density at radius 1 is 1.26 bits per heavy atom. The number of carbonyl (C=O) groups excluding carboxylic acids is 1. The maximum absolute atomic E-state index is 13.0. The van der Waals surface area contributed by atoms with Gasteiger partial charge >= 0.3 is 5.97 Å². The van der Waals surface area contributed by atoms with E-state index < -0.39 is 6.67 Å². The van der Waals surface area contributed by atoms with E-state index in [4.69, 9.17) is 14.6 Å². The van der Waals surface area contributed by atoms with Crippen LogP contribution in [0.4, 0.5) is 4.39 Å². The summed E-state index contributed by atoms with van der Waals surface area (Å²) in [6, 6.07) is 12.9. The van der Waals surface area contributed by atoms with E-state index in [1.165, 1.54) is 19.6 Å². The molecule has 0 spiro atoms. The lowest BCUT2D eigenvalue weighted by Gasteiger charge is -2.13. The van der Waals surface area contributed by atoms with E-state index >= 15 is 0 Å². The number of hydrogen-bond acceptors (Lipinski definition) is 6. The number of allylic oxidation sites excluding steroid dienone is 3. The van der Waals surface area contributed by atoms with Gasteiger partial charge in [-0.25, -0.2) is 4.39 Å². The summed E-state index contributed by atoms with van der Waals surface area (Å²) in [5.41, 5.74) is 4.50. The van der Waals surface area contributed by atoms with Crippen molar-refractivity contribution in [1.29, 1.82) is 5.26 Å². The molecule has 2 aromatic rings. The van der Waals surface area contributed by atoms with Gasteiger partial charge in [-0.1, -0.05) is 19.1 Å². The lowest BCUT2D eigenvalue weighted by molar-refractivity contribution is -0.137. The monoisotopic (exact) mass is 521 g/mol. The number of halogens is 1. The summed E-state index contributed by atoms with van der Waals surface area (Å²) in [5.74, 6) is 2.53. The number of rotatable bonds is 4. The number of nitrogens with zero attached hydrogens (tertiary/aromatic N) is 1. The lowest BCUT2D eigenvalue weighted by atomic mass is 10.0. The fourth-order valence-electron chi connectivity index (χ4n) is 3.84. The number of fused-ring (bicyclic) bond motifs is 1. The Labute approximate surface area is 225 Å². The summed E-state index contributed by atoms with van der Waals surface area (Å²) >= 11 is 0. The molecule has 38 heavy (non-hydrogen) atoms. The molecule has 0 radical (unpaired) electrons. The van der Waals surface area contributed by atoms with E-state index in [9.17, 15) is 14.4 Å². The molecule has 6 nitrogen and oxygen atoms in total. The van der Waals surface area contributed by atoms with Gasteiger partial charge in [0.25, 0.3) is 0 Å². The second-order valence-electron chi connectivity index (χ2n) is 8.57. The van der Waals surface area contributed by atoms with E-state index in [1.807, 2.05) is 32.1 Å².